The minimum atomic E-state index is -1.35. The second-order valence-electron chi connectivity index (χ2n) is 9.30. The van der Waals surface area contributed by atoms with Gasteiger partial charge in [-0.2, -0.15) is 0 Å². The van der Waals surface area contributed by atoms with Crippen molar-refractivity contribution in [1.82, 2.24) is 0 Å². The number of carbonyl (C=O) groups excluding carboxylic acids is 2. The van der Waals surface area contributed by atoms with Crippen LogP contribution in [0.3, 0.4) is 0 Å². The zero-order chi connectivity index (χ0) is 24.5. The topological polar surface area (TPSA) is 127 Å². The van der Waals surface area contributed by atoms with Gasteiger partial charge >= 0.3 is 35.5 Å². The van der Waals surface area contributed by atoms with Crippen LogP contribution < -0.4 is 34.7 Å². The van der Waals surface area contributed by atoms with Crippen molar-refractivity contribution in [2.24, 2.45) is 23.7 Å². The van der Waals surface area contributed by atoms with Gasteiger partial charge in [0.15, 0.2) is 0 Å². The molecule has 2 aliphatic carbocycles. The molecule has 0 heterocycles. The number of fused-ring (bicyclic) bond motifs is 1. The summed E-state index contributed by atoms with van der Waals surface area (Å²) in [6.45, 7) is 9.49. The summed E-state index contributed by atoms with van der Waals surface area (Å²) >= 11 is 0. The fraction of sp³-hybridized carbons (Fsp3) is 0.615. The Morgan fingerprint density at radius 1 is 1.24 bits per heavy atom. The summed E-state index contributed by atoms with van der Waals surface area (Å²) in [6, 6.07) is 0. The molecule has 184 valence electrons. The van der Waals surface area contributed by atoms with Crippen molar-refractivity contribution in [3.63, 3.8) is 0 Å². The number of aliphatic hydroxyl groups excluding tert-OH is 3. The largest absolute Gasteiger partial charge is 1.00 e. The number of hydrogen-bond acceptors (Lipinski definition) is 7. The third kappa shape index (κ3) is 9.10. The predicted molar refractivity (Wildman–Crippen MR) is 122 cm³/mol. The SMILES string of the molecule is C=CCC(CC=C)C(=O)O[C@H]1C[C@H](O)C=C2C=C[C@H](C)[C@H](CC[C@@H](O)C[C@@H](O)CC(=O)[O-])[C@H]21.[Na+]. The molecule has 0 aromatic carbocycles. The molecule has 7 atom stereocenters. The van der Waals surface area contributed by atoms with Gasteiger partial charge in [-0.05, 0) is 49.5 Å². The minimum absolute atomic E-state index is 0. The molecule has 2 rings (SSSR count). The van der Waals surface area contributed by atoms with E-state index in [1.54, 1.807) is 18.2 Å². The Morgan fingerprint density at radius 2 is 1.88 bits per heavy atom. The third-order valence-electron chi connectivity index (χ3n) is 6.66. The molecule has 2 aliphatic rings. The Balaban J connectivity index is 0.00000578. The molecule has 0 bridgehead atoms. The number of aliphatic carboxylic acids is 1. The van der Waals surface area contributed by atoms with Gasteiger partial charge in [0.2, 0.25) is 0 Å². The fourth-order valence-electron chi connectivity index (χ4n) is 5.02. The van der Waals surface area contributed by atoms with Gasteiger partial charge in [0.25, 0.3) is 0 Å². The van der Waals surface area contributed by atoms with Crippen LogP contribution in [0.15, 0.2) is 49.1 Å². The molecule has 0 spiro atoms. The van der Waals surface area contributed by atoms with Crippen molar-refractivity contribution in [3.05, 3.63) is 49.1 Å². The number of esters is 1. The maximum Gasteiger partial charge on any atom is 1.00 e. The molecule has 0 aliphatic heterocycles. The monoisotopic (exact) mass is 484 g/mol. The van der Waals surface area contributed by atoms with Gasteiger partial charge in [-0.15, -0.1) is 13.2 Å². The predicted octanol–water partition coefficient (Wildman–Crippen LogP) is -1.17. The van der Waals surface area contributed by atoms with E-state index < -0.39 is 36.8 Å². The van der Waals surface area contributed by atoms with Crippen molar-refractivity contribution in [2.75, 3.05) is 0 Å². The van der Waals surface area contributed by atoms with Crippen LogP contribution in [0.25, 0.3) is 0 Å². The van der Waals surface area contributed by atoms with Crippen LogP contribution >= 0.6 is 0 Å². The van der Waals surface area contributed by atoms with Crippen LogP contribution in [-0.4, -0.2) is 51.7 Å². The maximum absolute atomic E-state index is 12.9. The van der Waals surface area contributed by atoms with Crippen LogP contribution in [0.2, 0.25) is 0 Å². The zero-order valence-corrected chi connectivity index (χ0v) is 22.3. The summed E-state index contributed by atoms with van der Waals surface area (Å²) in [6.07, 6.45) is 7.64. The summed E-state index contributed by atoms with van der Waals surface area (Å²) in [4.78, 5) is 23.5. The number of rotatable bonds is 13. The molecule has 3 N–H and O–H groups in total. The van der Waals surface area contributed by atoms with Crippen LogP contribution in [0.1, 0.15) is 51.9 Å². The van der Waals surface area contributed by atoms with Gasteiger partial charge < -0.3 is 30.0 Å². The van der Waals surface area contributed by atoms with Crippen LogP contribution in [0.5, 0.6) is 0 Å². The van der Waals surface area contributed by atoms with Crippen LogP contribution in [0.4, 0.5) is 0 Å². The standard InChI is InChI=1S/C26H38O7.Na/c1-4-6-17(7-5-2)26(32)33-23-14-20(28)12-18-9-8-16(3)22(25(18)23)11-10-19(27)13-21(29)15-24(30)31;/h4-5,8-9,12,16-17,19-23,25,27-29H,1-2,6-7,10-11,13-15H2,3H3,(H,30,31);/q;+1/p-1/t16-,19+,20+,21+,22-,23-,25-;/m0./s1. The number of ether oxygens (including phenoxy) is 1. The fourth-order valence-corrected chi connectivity index (χ4v) is 5.02. The Bertz CT molecular complexity index is 752. The van der Waals surface area contributed by atoms with Gasteiger partial charge in [0, 0.05) is 24.7 Å². The first-order valence-corrected chi connectivity index (χ1v) is 11.7. The summed E-state index contributed by atoms with van der Waals surface area (Å²) in [5.41, 5.74) is 0.921. The average molecular weight is 485 g/mol. The molecular formula is C26H37NaO7. The third-order valence-corrected chi connectivity index (χ3v) is 6.66. The molecule has 0 saturated carbocycles. The summed E-state index contributed by atoms with van der Waals surface area (Å²) in [7, 11) is 0. The molecule has 0 fully saturated rings. The molecule has 0 radical (unpaired) electrons. The Labute approximate surface area is 224 Å². The van der Waals surface area contributed by atoms with Gasteiger partial charge in [-0.3, -0.25) is 4.79 Å². The number of carbonyl (C=O) groups is 2. The Morgan fingerprint density at radius 3 is 2.47 bits per heavy atom. The molecule has 0 aromatic rings. The van der Waals surface area contributed by atoms with Gasteiger partial charge in [-0.25, -0.2) is 0 Å². The summed E-state index contributed by atoms with van der Waals surface area (Å²) < 4.78 is 5.95. The van der Waals surface area contributed by atoms with Crippen LogP contribution in [0, 0.1) is 23.7 Å². The van der Waals surface area contributed by atoms with Crippen molar-refractivity contribution in [3.8, 4) is 0 Å². The zero-order valence-electron chi connectivity index (χ0n) is 20.3. The molecule has 0 unspecified atom stereocenters. The van der Waals surface area contributed by atoms with Crippen LogP contribution in [-0.2, 0) is 14.3 Å². The number of carboxylic acids is 1. The Hall–Kier alpha value is -1.22. The second kappa shape index (κ2) is 15.0. The number of hydrogen-bond donors (Lipinski definition) is 3. The number of aliphatic hydroxyl groups is 3. The van der Waals surface area contributed by atoms with E-state index in [0.717, 1.165) is 5.57 Å². The first-order chi connectivity index (χ1) is 15.7. The molecule has 0 amide bonds. The van der Waals surface area contributed by atoms with E-state index in [1.807, 2.05) is 6.08 Å². The summed E-state index contributed by atoms with van der Waals surface area (Å²) in [5.74, 6) is -1.97. The van der Waals surface area contributed by atoms with Crippen molar-refractivity contribution in [2.45, 2.75) is 76.3 Å². The molecular weight excluding hydrogens is 447 g/mol. The van der Waals surface area contributed by atoms with E-state index in [-0.39, 0.29) is 65.6 Å². The van der Waals surface area contributed by atoms with E-state index in [9.17, 15) is 30.0 Å². The normalized spacial score (nSPS) is 27.6. The number of allylic oxidation sites excluding steroid dienone is 4. The van der Waals surface area contributed by atoms with Gasteiger partial charge in [0.1, 0.15) is 6.10 Å². The first kappa shape index (κ1) is 30.8. The van der Waals surface area contributed by atoms with E-state index in [0.29, 0.717) is 32.1 Å². The van der Waals surface area contributed by atoms with E-state index in [1.165, 1.54) is 0 Å². The smallest absolute Gasteiger partial charge is 0.550 e. The molecule has 34 heavy (non-hydrogen) atoms. The maximum atomic E-state index is 12.9. The second-order valence-corrected chi connectivity index (χ2v) is 9.30. The van der Waals surface area contributed by atoms with Crippen molar-refractivity contribution in [1.29, 1.82) is 0 Å². The molecule has 0 aromatic heterocycles. The van der Waals surface area contributed by atoms with E-state index in [4.69, 9.17) is 4.74 Å². The van der Waals surface area contributed by atoms with Gasteiger partial charge in [0.05, 0.1) is 24.2 Å². The molecule has 7 nitrogen and oxygen atoms in total. The Kier molecular flexibility index (Phi) is 13.6. The molecule has 0 saturated heterocycles. The van der Waals surface area contributed by atoms with E-state index >= 15 is 0 Å². The minimum Gasteiger partial charge on any atom is -0.550 e. The van der Waals surface area contributed by atoms with Gasteiger partial charge in [-0.1, -0.05) is 37.3 Å². The van der Waals surface area contributed by atoms with Crippen molar-refractivity contribution >= 4 is 11.9 Å². The van der Waals surface area contributed by atoms with E-state index in [2.05, 4.69) is 26.2 Å². The quantitative estimate of drug-likeness (QED) is 0.171. The average Bonchev–Trinajstić information content (AvgIpc) is 2.72. The number of carboxylic acid groups (broad SMARTS) is 1. The first-order valence-electron chi connectivity index (χ1n) is 11.7. The summed E-state index contributed by atoms with van der Waals surface area (Å²) in [5, 5.41) is 41.1. The van der Waals surface area contributed by atoms with Crippen molar-refractivity contribution < 1.29 is 64.3 Å². The molecule has 8 heteroatoms.